The fourth-order valence-corrected chi connectivity index (χ4v) is 2.71. The second kappa shape index (κ2) is 5.00. The van der Waals surface area contributed by atoms with E-state index in [2.05, 4.69) is 14.7 Å². The van der Waals surface area contributed by atoms with Gasteiger partial charge in [-0.1, -0.05) is 5.16 Å². The maximum atomic E-state index is 13.2. The SMILES string of the molecule is Cc1nc(CS(=O)(=O)c2ccc(F)c(C(=O)O)c2)no1. The van der Waals surface area contributed by atoms with Crippen LogP contribution in [0.1, 0.15) is 22.1 Å². The lowest BCUT2D eigenvalue weighted by Crippen LogP contribution is -2.09. The Morgan fingerprint density at radius 3 is 2.70 bits per heavy atom. The molecule has 0 saturated carbocycles. The Kier molecular flexibility index (Phi) is 3.53. The summed E-state index contributed by atoms with van der Waals surface area (Å²) in [7, 11) is -3.89. The highest BCUT2D eigenvalue weighted by molar-refractivity contribution is 7.90. The zero-order valence-electron chi connectivity index (χ0n) is 10.2. The number of hydrogen-bond donors (Lipinski definition) is 1. The van der Waals surface area contributed by atoms with Gasteiger partial charge in [-0.2, -0.15) is 4.98 Å². The van der Waals surface area contributed by atoms with Crippen LogP contribution >= 0.6 is 0 Å². The van der Waals surface area contributed by atoms with Gasteiger partial charge in [-0.3, -0.25) is 0 Å². The number of aromatic carboxylic acids is 1. The molecule has 0 unspecified atom stereocenters. The topological polar surface area (TPSA) is 110 Å². The minimum Gasteiger partial charge on any atom is -0.478 e. The van der Waals surface area contributed by atoms with Crippen molar-refractivity contribution < 1.29 is 27.2 Å². The summed E-state index contributed by atoms with van der Waals surface area (Å²) in [6, 6.07) is 2.54. The number of rotatable bonds is 4. The maximum absolute atomic E-state index is 13.2. The average molecular weight is 300 g/mol. The predicted molar refractivity (Wildman–Crippen MR) is 63.3 cm³/mol. The summed E-state index contributed by atoms with van der Waals surface area (Å²) in [6.45, 7) is 1.50. The molecule has 0 fully saturated rings. The Morgan fingerprint density at radius 2 is 2.15 bits per heavy atom. The van der Waals surface area contributed by atoms with Crippen LogP contribution in [0.5, 0.6) is 0 Å². The van der Waals surface area contributed by atoms with Crippen molar-refractivity contribution in [3.63, 3.8) is 0 Å². The van der Waals surface area contributed by atoms with Gasteiger partial charge in [0.25, 0.3) is 0 Å². The van der Waals surface area contributed by atoms with E-state index in [9.17, 15) is 17.6 Å². The number of nitrogens with zero attached hydrogens (tertiary/aromatic N) is 2. The monoisotopic (exact) mass is 300 g/mol. The summed E-state index contributed by atoms with van der Waals surface area (Å²) in [5.41, 5.74) is -0.713. The van der Waals surface area contributed by atoms with Crippen molar-refractivity contribution in [2.75, 3.05) is 0 Å². The molecule has 1 heterocycles. The smallest absolute Gasteiger partial charge is 0.338 e. The van der Waals surface area contributed by atoms with E-state index in [1.54, 1.807) is 0 Å². The molecular formula is C11H9FN2O5S. The molecule has 2 aromatic rings. The Morgan fingerprint density at radius 1 is 1.45 bits per heavy atom. The highest BCUT2D eigenvalue weighted by Crippen LogP contribution is 2.19. The van der Waals surface area contributed by atoms with Gasteiger partial charge in [0.05, 0.1) is 10.5 Å². The first-order valence-electron chi connectivity index (χ1n) is 5.34. The van der Waals surface area contributed by atoms with E-state index in [1.807, 2.05) is 0 Å². The molecule has 1 N–H and O–H groups in total. The minimum atomic E-state index is -3.89. The van der Waals surface area contributed by atoms with E-state index in [1.165, 1.54) is 6.92 Å². The molecule has 0 saturated heterocycles. The lowest BCUT2D eigenvalue weighted by atomic mass is 10.2. The molecule has 0 spiro atoms. The standard InChI is InChI=1S/C11H9FN2O5S/c1-6-13-10(14-19-6)5-20(17,18)7-2-3-9(12)8(4-7)11(15)16/h2-4H,5H2,1H3,(H,15,16). The van der Waals surface area contributed by atoms with Crippen molar-refractivity contribution in [2.45, 2.75) is 17.6 Å². The summed E-state index contributed by atoms with van der Waals surface area (Å²) in [4.78, 5) is 14.2. The second-order valence-corrected chi connectivity index (χ2v) is 5.93. The van der Waals surface area contributed by atoms with Crippen LogP contribution in [0.4, 0.5) is 4.39 Å². The van der Waals surface area contributed by atoms with Gasteiger partial charge in [0, 0.05) is 6.92 Å². The van der Waals surface area contributed by atoms with Crippen molar-refractivity contribution in [1.29, 1.82) is 0 Å². The van der Waals surface area contributed by atoms with Gasteiger partial charge in [-0.25, -0.2) is 17.6 Å². The molecule has 1 aromatic carbocycles. The molecule has 0 aliphatic carbocycles. The summed E-state index contributed by atoms with van der Waals surface area (Å²) in [5.74, 6) is -2.96. The number of aryl methyl sites for hydroxylation is 1. The Labute approximate surface area is 113 Å². The van der Waals surface area contributed by atoms with E-state index < -0.39 is 32.9 Å². The summed E-state index contributed by atoms with van der Waals surface area (Å²) >= 11 is 0. The second-order valence-electron chi connectivity index (χ2n) is 3.94. The van der Waals surface area contributed by atoms with Crippen LogP contribution in [-0.4, -0.2) is 29.6 Å². The molecule has 0 amide bonds. The van der Waals surface area contributed by atoms with Gasteiger partial charge < -0.3 is 9.63 Å². The van der Waals surface area contributed by atoms with E-state index in [-0.39, 0.29) is 16.6 Å². The van der Waals surface area contributed by atoms with Gasteiger partial charge in [0.1, 0.15) is 11.6 Å². The van der Waals surface area contributed by atoms with Gasteiger partial charge in [-0.15, -0.1) is 0 Å². The van der Waals surface area contributed by atoms with E-state index in [4.69, 9.17) is 5.11 Å². The molecule has 0 aliphatic rings. The van der Waals surface area contributed by atoms with Gasteiger partial charge in [-0.05, 0) is 18.2 Å². The molecule has 0 bridgehead atoms. The first-order chi connectivity index (χ1) is 9.29. The number of hydrogen-bond acceptors (Lipinski definition) is 6. The highest BCUT2D eigenvalue weighted by atomic mass is 32.2. The van der Waals surface area contributed by atoms with E-state index in [0.29, 0.717) is 0 Å². The number of carbonyl (C=O) groups is 1. The molecule has 0 radical (unpaired) electrons. The van der Waals surface area contributed by atoms with Crippen LogP contribution < -0.4 is 0 Å². The van der Waals surface area contributed by atoms with Crippen LogP contribution in [0.15, 0.2) is 27.6 Å². The Balaban J connectivity index is 2.39. The Bertz CT molecular complexity index is 769. The highest BCUT2D eigenvalue weighted by Gasteiger charge is 2.22. The molecule has 20 heavy (non-hydrogen) atoms. The van der Waals surface area contributed by atoms with Crippen molar-refractivity contribution in [3.05, 3.63) is 41.3 Å². The molecule has 0 atom stereocenters. The maximum Gasteiger partial charge on any atom is 0.338 e. The number of aromatic nitrogens is 2. The third-order valence-corrected chi connectivity index (χ3v) is 4.03. The van der Waals surface area contributed by atoms with Crippen molar-refractivity contribution in [3.8, 4) is 0 Å². The average Bonchev–Trinajstić information content (AvgIpc) is 2.73. The van der Waals surface area contributed by atoms with Crippen LogP contribution in [-0.2, 0) is 15.6 Å². The zero-order valence-corrected chi connectivity index (χ0v) is 11.0. The zero-order chi connectivity index (χ0) is 14.9. The molecule has 2 rings (SSSR count). The first kappa shape index (κ1) is 14.1. The van der Waals surface area contributed by atoms with Crippen LogP contribution in [0.25, 0.3) is 0 Å². The number of carboxylic acids is 1. The minimum absolute atomic E-state index is 0.0521. The summed E-state index contributed by atoms with van der Waals surface area (Å²) in [6.07, 6.45) is 0. The fourth-order valence-electron chi connectivity index (χ4n) is 1.51. The van der Waals surface area contributed by atoms with E-state index in [0.717, 1.165) is 18.2 Å². The molecule has 106 valence electrons. The molecule has 7 nitrogen and oxygen atoms in total. The van der Waals surface area contributed by atoms with Gasteiger partial charge >= 0.3 is 5.97 Å². The lowest BCUT2D eigenvalue weighted by molar-refractivity contribution is 0.0691. The van der Waals surface area contributed by atoms with Gasteiger partial charge in [0.15, 0.2) is 15.7 Å². The third kappa shape index (κ3) is 2.82. The number of carboxylic acid groups (broad SMARTS) is 1. The van der Waals surface area contributed by atoms with Gasteiger partial charge in [0.2, 0.25) is 5.89 Å². The predicted octanol–water partition coefficient (Wildman–Crippen LogP) is 1.19. The van der Waals surface area contributed by atoms with Crippen molar-refractivity contribution in [2.24, 2.45) is 0 Å². The van der Waals surface area contributed by atoms with Crippen molar-refractivity contribution in [1.82, 2.24) is 10.1 Å². The number of halogens is 1. The summed E-state index contributed by atoms with van der Waals surface area (Å²) < 4.78 is 42.0. The fraction of sp³-hybridized carbons (Fsp3) is 0.182. The molecule has 1 aromatic heterocycles. The van der Waals surface area contributed by atoms with E-state index >= 15 is 0 Å². The van der Waals surface area contributed by atoms with Crippen LogP contribution in [0.2, 0.25) is 0 Å². The molecule has 0 aliphatic heterocycles. The number of benzene rings is 1. The van der Waals surface area contributed by atoms with Crippen LogP contribution in [0, 0.1) is 12.7 Å². The summed E-state index contributed by atoms with van der Waals surface area (Å²) in [5, 5.41) is 12.2. The largest absolute Gasteiger partial charge is 0.478 e. The molecular weight excluding hydrogens is 291 g/mol. The molecule has 9 heteroatoms. The lowest BCUT2D eigenvalue weighted by Gasteiger charge is -2.04. The Hall–Kier alpha value is -2.29. The normalized spacial score (nSPS) is 11.5. The third-order valence-electron chi connectivity index (χ3n) is 2.42. The number of sulfone groups is 1. The quantitative estimate of drug-likeness (QED) is 0.844. The first-order valence-corrected chi connectivity index (χ1v) is 6.99. The van der Waals surface area contributed by atoms with Crippen molar-refractivity contribution >= 4 is 15.8 Å². The van der Waals surface area contributed by atoms with Crippen LogP contribution in [0.3, 0.4) is 0 Å².